The number of hydrogen-bond acceptors (Lipinski definition) is 4. The van der Waals surface area contributed by atoms with Crippen molar-refractivity contribution in [3.05, 3.63) is 46.2 Å². The maximum absolute atomic E-state index is 12.5. The summed E-state index contributed by atoms with van der Waals surface area (Å²) in [7, 11) is 1.75. The first kappa shape index (κ1) is 15.8. The van der Waals surface area contributed by atoms with Crippen molar-refractivity contribution in [1.82, 2.24) is 20.4 Å². The zero-order valence-electron chi connectivity index (χ0n) is 12.9. The highest BCUT2D eigenvalue weighted by molar-refractivity contribution is 6.30. The van der Waals surface area contributed by atoms with Crippen LogP contribution in [0.15, 0.2) is 24.3 Å². The number of hydrogen-bond donors (Lipinski definition) is 2. The first-order valence-electron chi connectivity index (χ1n) is 7.56. The van der Waals surface area contributed by atoms with Gasteiger partial charge in [-0.15, -0.1) is 0 Å². The van der Waals surface area contributed by atoms with Crippen molar-refractivity contribution in [2.24, 2.45) is 0 Å². The summed E-state index contributed by atoms with van der Waals surface area (Å²) in [5.74, 6) is 0.641. The summed E-state index contributed by atoms with van der Waals surface area (Å²) in [6.45, 7) is 2.49. The quantitative estimate of drug-likeness (QED) is 0.875. The third kappa shape index (κ3) is 3.65. The lowest BCUT2D eigenvalue weighted by molar-refractivity contribution is 0.0766. The number of carbonyl (C=O) groups is 1. The Labute approximate surface area is 139 Å². The van der Waals surface area contributed by atoms with Crippen molar-refractivity contribution in [2.45, 2.75) is 13.0 Å². The minimum Gasteiger partial charge on any atom is -0.492 e. The highest BCUT2D eigenvalue weighted by Gasteiger charge is 2.23. The van der Waals surface area contributed by atoms with Crippen molar-refractivity contribution in [1.29, 1.82) is 0 Å². The highest BCUT2D eigenvalue weighted by Crippen LogP contribution is 2.17. The number of halogens is 1. The second-order valence-corrected chi connectivity index (χ2v) is 5.92. The third-order valence-corrected chi connectivity index (χ3v) is 4.12. The van der Waals surface area contributed by atoms with E-state index in [1.54, 1.807) is 36.2 Å². The van der Waals surface area contributed by atoms with Gasteiger partial charge in [-0.2, -0.15) is 5.10 Å². The Morgan fingerprint density at radius 3 is 2.96 bits per heavy atom. The molecule has 0 saturated carbocycles. The van der Waals surface area contributed by atoms with E-state index in [-0.39, 0.29) is 5.91 Å². The predicted octanol–water partition coefficient (Wildman–Crippen LogP) is 1.86. The van der Waals surface area contributed by atoms with Gasteiger partial charge in [-0.25, -0.2) is 0 Å². The Hall–Kier alpha value is -2.05. The molecule has 0 aliphatic carbocycles. The lowest BCUT2D eigenvalue weighted by atomic mass is 10.1. The molecule has 2 N–H and O–H groups in total. The van der Waals surface area contributed by atoms with E-state index in [0.717, 1.165) is 30.0 Å². The summed E-state index contributed by atoms with van der Waals surface area (Å²) < 4.78 is 5.62. The second-order valence-electron chi connectivity index (χ2n) is 5.49. The van der Waals surface area contributed by atoms with Gasteiger partial charge >= 0.3 is 0 Å². The molecule has 1 aliphatic heterocycles. The average Bonchev–Trinajstić information content (AvgIpc) is 3.00. The summed E-state index contributed by atoms with van der Waals surface area (Å²) in [5, 5.41) is 11.1. The molecule has 7 heteroatoms. The number of likely N-dealkylation sites (N-methyl/N-ethyl adjacent to an activating group) is 1. The molecule has 1 aromatic heterocycles. The van der Waals surface area contributed by atoms with Crippen LogP contribution in [0, 0.1) is 0 Å². The lowest BCUT2D eigenvalue weighted by Gasteiger charge is -2.18. The zero-order chi connectivity index (χ0) is 16.2. The molecule has 1 aliphatic rings. The number of ether oxygens (including phenoxy) is 1. The van der Waals surface area contributed by atoms with Crippen LogP contribution in [0.3, 0.4) is 0 Å². The number of carbonyl (C=O) groups excluding carboxylic acids is 1. The van der Waals surface area contributed by atoms with E-state index < -0.39 is 0 Å². The Balaban J connectivity index is 1.55. The SMILES string of the molecule is CN(CCOc1ccc(Cl)cc1)C(=O)c1n[nH]c2c1CNCC2. The van der Waals surface area contributed by atoms with E-state index in [1.807, 2.05) is 0 Å². The maximum atomic E-state index is 12.5. The summed E-state index contributed by atoms with van der Waals surface area (Å²) in [6, 6.07) is 7.16. The van der Waals surface area contributed by atoms with Crippen LogP contribution in [0.1, 0.15) is 21.7 Å². The highest BCUT2D eigenvalue weighted by atomic mass is 35.5. The minimum absolute atomic E-state index is 0.0918. The van der Waals surface area contributed by atoms with Gasteiger partial charge in [0.15, 0.2) is 5.69 Å². The van der Waals surface area contributed by atoms with Gasteiger partial charge in [0.05, 0.1) is 6.54 Å². The van der Waals surface area contributed by atoms with E-state index in [4.69, 9.17) is 16.3 Å². The van der Waals surface area contributed by atoms with E-state index >= 15 is 0 Å². The monoisotopic (exact) mass is 334 g/mol. The number of nitrogens with zero attached hydrogens (tertiary/aromatic N) is 2. The molecule has 0 radical (unpaired) electrons. The Morgan fingerprint density at radius 2 is 2.17 bits per heavy atom. The summed E-state index contributed by atoms with van der Waals surface area (Å²) in [5.41, 5.74) is 2.53. The lowest BCUT2D eigenvalue weighted by Crippen LogP contribution is -2.33. The zero-order valence-corrected chi connectivity index (χ0v) is 13.7. The molecule has 23 heavy (non-hydrogen) atoms. The van der Waals surface area contributed by atoms with Crippen molar-refractivity contribution in [3.63, 3.8) is 0 Å². The number of H-pyrrole nitrogens is 1. The number of aromatic nitrogens is 2. The van der Waals surface area contributed by atoms with Crippen LogP contribution in [0.5, 0.6) is 5.75 Å². The number of benzene rings is 1. The molecule has 122 valence electrons. The fraction of sp³-hybridized carbons (Fsp3) is 0.375. The maximum Gasteiger partial charge on any atom is 0.274 e. The van der Waals surface area contributed by atoms with Crippen LogP contribution in [0.2, 0.25) is 5.02 Å². The fourth-order valence-corrected chi connectivity index (χ4v) is 2.64. The predicted molar refractivity (Wildman–Crippen MR) is 87.9 cm³/mol. The van der Waals surface area contributed by atoms with Crippen LogP contribution in [0.4, 0.5) is 0 Å². The van der Waals surface area contributed by atoms with E-state index in [0.29, 0.717) is 30.4 Å². The van der Waals surface area contributed by atoms with Crippen molar-refractivity contribution < 1.29 is 9.53 Å². The second kappa shape index (κ2) is 7.02. The van der Waals surface area contributed by atoms with Crippen LogP contribution >= 0.6 is 11.6 Å². The number of aromatic amines is 1. The standard InChI is InChI=1S/C16H19ClN4O2/c1-21(8-9-23-12-4-2-11(17)3-5-12)16(22)15-13-10-18-7-6-14(13)19-20-15/h2-5,18H,6-10H2,1H3,(H,19,20). The molecule has 1 aromatic carbocycles. The van der Waals surface area contributed by atoms with Crippen LogP contribution in [-0.2, 0) is 13.0 Å². The topological polar surface area (TPSA) is 70.2 Å². The number of amides is 1. The molecule has 0 atom stereocenters. The summed E-state index contributed by atoms with van der Waals surface area (Å²) in [4.78, 5) is 14.1. The Morgan fingerprint density at radius 1 is 1.39 bits per heavy atom. The Bertz CT molecular complexity index is 684. The Kier molecular flexibility index (Phi) is 4.83. The van der Waals surface area contributed by atoms with Crippen molar-refractivity contribution in [2.75, 3.05) is 26.7 Å². The minimum atomic E-state index is -0.0918. The molecule has 0 bridgehead atoms. The molecule has 6 nitrogen and oxygen atoms in total. The normalized spacial score (nSPS) is 13.5. The molecule has 0 fully saturated rings. The smallest absolute Gasteiger partial charge is 0.274 e. The van der Waals surface area contributed by atoms with Gasteiger partial charge in [0, 0.05) is 42.8 Å². The molecule has 2 heterocycles. The molecule has 3 rings (SSSR count). The van der Waals surface area contributed by atoms with E-state index in [9.17, 15) is 4.79 Å². The number of fused-ring (bicyclic) bond motifs is 1. The molecule has 2 aromatic rings. The molecular weight excluding hydrogens is 316 g/mol. The van der Waals surface area contributed by atoms with E-state index in [2.05, 4.69) is 15.5 Å². The van der Waals surface area contributed by atoms with Gasteiger partial charge in [-0.1, -0.05) is 11.6 Å². The average molecular weight is 335 g/mol. The van der Waals surface area contributed by atoms with Gasteiger partial charge in [0.25, 0.3) is 5.91 Å². The fourth-order valence-electron chi connectivity index (χ4n) is 2.52. The molecular formula is C16H19ClN4O2. The summed E-state index contributed by atoms with van der Waals surface area (Å²) in [6.07, 6.45) is 0.874. The van der Waals surface area contributed by atoms with Crippen molar-refractivity contribution >= 4 is 17.5 Å². The third-order valence-electron chi connectivity index (χ3n) is 3.86. The van der Waals surface area contributed by atoms with Crippen LogP contribution in [-0.4, -0.2) is 47.7 Å². The first-order chi connectivity index (χ1) is 11.1. The van der Waals surface area contributed by atoms with Crippen molar-refractivity contribution in [3.8, 4) is 5.75 Å². The van der Waals surface area contributed by atoms with Gasteiger partial charge in [0.1, 0.15) is 12.4 Å². The van der Waals surface area contributed by atoms with Gasteiger partial charge in [0.2, 0.25) is 0 Å². The van der Waals surface area contributed by atoms with Crippen LogP contribution < -0.4 is 10.1 Å². The number of rotatable bonds is 5. The largest absolute Gasteiger partial charge is 0.492 e. The number of nitrogens with one attached hydrogen (secondary N) is 2. The molecule has 0 unspecified atom stereocenters. The van der Waals surface area contributed by atoms with Gasteiger partial charge in [-0.3, -0.25) is 9.89 Å². The molecule has 1 amide bonds. The van der Waals surface area contributed by atoms with Gasteiger partial charge in [-0.05, 0) is 24.3 Å². The first-order valence-corrected chi connectivity index (χ1v) is 7.93. The van der Waals surface area contributed by atoms with Crippen LogP contribution in [0.25, 0.3) is 0 Å². The van der Waals surface area contributed by atoms with E-state index in [1.165, 1.54) is 0 Å². The molecule has 0 spiro atoms. The van der Waals surface area contributed by atoms with Gasteiger partial charge < -0.3 is 15.0 Å². The molecule has 0 saturated heterocycles. The summed E-state index contributed by atoms with van der Waals surface area (Å²) >= 11 is 5.83.